The maximum absolute atomic E-state index is 12.2. The summed E-state index contributed by atoms with van der Waals surface area (Å²) < 4.78 is 6.15. The van der Waals surface area contributed by atoms with Crippen molar-refractivity contribution in [2.75, 3.05) is 11.6 Å². The molecule has 2 aromatic heterocycles. The Kier molecular flexibility index (Phi) is 3.72. The fraction of sp³-hybridized carbons (Fsp3) is 0.500. The quantitative estimate of drug-likeness (QED) is 0.770. The van der Waals surface area contributed by atoms with Crippen LogP contribution in [-0.4, -0.2) is 23.6 Å². The molecule has 1 aliphatic carbocycles. The van der Waals surface area contributed by atoms with Gasteiger partial charge in [-0.25, -0.2) is 14.8 Å². The third kappa shape index (κ3) is 2.39. The lowest BCUT2D eigenvalue weighted by molar-refractivity contribution is 0.0533. The zero-order chi connectivity index (χ0) is 15.8. The highest BCUT2D eigenvalue weighted by atomic mass is 32.1. The number of aromatic nitrogens is 1. The molecule has 2 aliphatic rings. The number of hydrogen-bond acceptors (Lipinski definition) is 7. The summed E-state index contributed by atoms with van der Waals surface area (Å²) in [5, 5.41) is 11.6. The number of ether oxygens (including phenoxy) is 1. The van der Waals surface area contributed by atoms with Crippen LogP contribution in [-0.2, 0) is 4.74 Å². The van der Waals surface area contributed by atoms with Gasteiger partial charge in [-0.1, -0.05) is 24.5 Å². The molecule has 0 N–H and O–H groups in total. The summed E-state index contributed by atoms with van der Waals surface area (Å²) in [6.45, 7) is 2.15. The molecule has 0 atom stereocenters. The summed E-state index contributed by atoms with van der Waals surface area (Å²) in [6, 6.07) is 2.28. The maximum atomic E-state index is 12.2. The van der Waals surface area contributed by atoms with Crippen molar-refractivity contribution in [3.63, 3.8) is 0 Å². The summed E-state index contributed by atoms with van der Waals surface area (Å²) in [5.74, 6) is 0.492. The van der Waals surface area contributed by atoms with Gasteiger partial charge >= 0.3 is 5.97 Å². The van der Waals surface area contributed by atoms with E-state index in [1.165, 1.54) is 30.6 Å². The van der Waals surface area contributed by atoms with Gasteiger partial charge in [0.25, 0.3) is 0 Å². The fourth-order valence-electron chi connectivity index (χ4n) is 3.32. The van der Waals surface area contributed by atoms with Crippen LogP contribution in [0.5, 0.6) is 0 Å². The second-order valence-electron chi connectivity index (χ2n) is 5.83. The molecule has 1 aliphatic heterocycles. The number of anilines is 1. The van der Waals surface area contributed by atoms with Gasteiger partial charge in [0.2, 0.25) is 0 Å². The van der Waals surface area contributed by atoms with E-state index in [-0.39, 0.29) is 5.97 Å². The van der Waals surface area contributed by atoms with Gasteiger partial charge in [-0.3, -0.25) is 0 Å². The van der Waals surface area contributed by atoms with Crippen molar-refractivity contribution >= 4 is 38.9 Å². The summed E-state index contributed by atoms with van der Waals surface area (Å²) in [6.07, 6.45) is 7.73. The molecule has 0 saturated heterocycles. The summed E-state index contributed by atoms with van der Waals surface area (Å²) in [4.78, 5) is 17.2. The first-order chi connectivity index (χ1) is 11.3. The number of pyridine rings is 1. The molecule has 1 fully saturated rings. The van der Waals surface area contributed by atoms with Crippen LogP contribution in [0.25, 0.3) is 10.1 Å². The molecule has 0 bridgehead atoms. The minimum absolute atomic E-state index is 0.334. The molecule has 1 saturated carbocycles. The van der Waals surface area contributed by atoms with E-state index in [0.717, 1.165) is 28.7 Å². The standard InChI is InChI=1S/C16H18N4O2S/c1-2-22-16(21)14-13-12-11(23-14)8-9-17-15(12)20(19-18-13)10-6-4-3-5-7-10/h8-10H,2-7H2,1H3. The Hall–Kier alpha value is -2.02. The summed E-state index contributed by atoms with van der Waals surface area (Å²) in [5.41, 5.74) is 0.610. The Morgan fingerprint density at radius 3 is 3.00 bits per heavy atom. The van der Waals surface area contributed by atoms with Crippen molar-refractivity contribution in [2.45, 2.75) is 45.1 Å². The number of carbonyl (C=O) groups excluding carboxylic acids is 1. The minimum atomic E-state index is -0.334. The molecule has 7 heteroatoms. The SMILES string of the molecule is CCOC(=O)c1sc2ccnc3c2c1N=NN3C1CCCCC1. The Bertz CT molecular complexity index is 780. The predicted molar refractivity (Wildman–Crippen MR) is 89.4 cm³/mol. The molecule has 0 unspecified atom stereocenters. The van der Waals surface area contributed by atoms with Crippen molar-refractivity contribution in [1.82, 2.24) is 4.98 Å². The Labute approximate surface area is 138 Å². The van der Waals surface area contributed by atoms with Gasteiger partial charge < -0.3 is 4.74 Å². The van der Waals surface area contributed by atoms with Crippen LogP contribution < -0.4 is 5.01 Å². The van der Waals surface area contributed by atoms with E-state index in [4.69, 9.17) is 4.74 Å². The van der Waals surface area contributed by atoms with Gasteiger partial charge in [0.05, 0.1) is 18.0 Å². The normalized spacial score (nSPS) is 17.7. The number of nitrogens with zero attached hydrogens (tertiary/aromatic N) is 4. The monoisotopic (exact) mass is 330 g/mol. The lowest BCUT2D eigenvalue weighted by Gasteiger charge is -2.31. The van der Waals surface area contributed by atoms with Gasteiger partial charge in [0.15, 0.2) is 5.82 Å². The van der Waals surface area contributed by atoms with E-state index in [2.05, 4.69) is 15.3 Å². The average molecular weight is 330 g/mol. The first-order valence-electron chi connectivity index (χ1n) is 8.09. The average Bonchev–Trinajstić information content (AvgIpc) is 2.97. The molecule has 0 spiro atoms. The van der Waals surface area contributed by atoms with Crippen LogP contribution in [0.3, 0.4) is 0 Å². The van der Waals surface area contributed by atoms with Crippen molar-refractivity contribution in [3.05, 3.63) is 17.1 Å². The van der Waals surface area contributed by atoms with Crippen LogP contribution in [0.2, 0.25) is 0 Å². The third-order valence-electron chi connectivity index (χ3n) is 4.40. The molecule has 120 valence electrons. The highest BCUT2D eigenvalue weighted by Gasteiger charge is 2.31. The van der Waals surface area contributed by atoms with E-state index in [1.54, 1.807) is 13.1 Å². The molecular weight excluding hydrogens is 312 g/mol. The van der Waals surface area contributed by atoms with Gasteiger partial charge in [-0.15, -0.1) is 16.5 Å². The zero-order valence-corrected chi connectivity index (χ0v) is 13.8. The lowest BCUT2D eigenvalue weighted by Crippen LogP contribution is -2.33. The van der Waals surface area contributed by atoms with E-state index in [9.17, 15) is 4.79 Å². The Morgan fingerprint density at radius 1 is 1.39 bits per heavy atom. The topological polar surface area (TPSA) is 67.1 Å². The van der Waals surface area contributed by atoms with E-state index < -0.39 is 0 Å². The van der Waals surface area contributed by atoms with Crippen molar-refractivity contribution < 1.29 is 9.53 Å². The van der Waals surface area contributed by atoms with Gasteiger partial charge in [0.1, 0.15) is 10.6 Å². The van der Waals surface area contributed by atoms with Gasteiger partial charge in [-0.2, -0.15) is 0 Å². The number of thiophene rings is 1. The Morgan fingerprint density at radius 2 is 2.22 bits per heavy atom. The summed E-state index contributed by atoms with van der Waals surface area (Å²) >= 11 is 1.40. The molecule has 6 nitrogen and oxygen atoms in total. The zero-order valence-electron chi connectivity index (χ0n) is 13.0. The van der Waals surface area contributed by atoms with Crippen LogP contribution in [0.4, 0.5) is 11.5 Å². The molecular formula is C16H18N4O2S. The van der Waals surface area contributed by atoms with Gasteiger partial charge in [-0.05, 0) is 25.8 Å². The van der Waals surface area contributed by atoms with Crippen LogP contribution in [0.15, 0.2) is 22.6 Å². The molecule has 0 radical (unpaired) electrons. The van der Waals surface area contributed by atoms with E-state index >= 15 is 0 Å². The van der Waals surface area contributed by atoms with Crippen LogP contribution in [0.1, 0.15) is 48.7 Å². The summed E-state index contributed by atoms with van der Waals surface area (Å²) in [7, 11) is 0. The van der Waals surface area contributed by atoms with Crippen molar-refractivity contribution in [1.29, 1.82) is 0 Å². The number of carbonyl (C=O) groups is 1. The first kappa shape index (κ1) is 14.6. The molecule has 2 aromatic rings. The predicted octanol–water partition coefficient (Wildman–Crippen LogP) is 4.62. The smallest absolute Gasteiger partial charge is 0.350 e. The lowest BCUT2D eigenvalue weighted by atomic mass is 9.95. The molecule has 23 heavy (non-hydrogen) atoms. The number of esters is 1. The molecule has 4 rings (SSSR count). The molecule has 3 heterocycles. The second-order valence-corrected chi connectivity index (χ2v) is 6.89. The van der Waals surface area contributed by atoms with Crippen LogP contribution >= 0.6 is 11.3 Å². The number of hydrogen-bond donors (Lipinski definition) is 0. The van der Waals surface area contributed by atoms with E-state index in [1.807, 2.05) is 11.1 Å². The van der Waals surface area contributed by atoms with Gasteiger partial charge in [0, 0.05) is 10.9 Å². The molecule has 0 amide bonds. The largest absolute Gasteiger partial charge is 0.462 e. The minimum Gasteiger partial charge on any atom is -0.462 e. The maximum Gasteiger partial charge on any atom is 0.350 e. The Balaban J connectivity index is 1.80. The highest BCUT2D eigenvalue weighted by molar-refractivity contribution is 7.21. The third-order valence-corrected chi connectivity index (χ3v) is 5.52. The van der Waals surface area contributed by atoms with E-state index in [0.29, 0.717) is 23.2 Å². The van der Waals surface area contributed by atoms with Crippen molar-refractivity contribution in [3.8, 4) is 0 Å². The second kappa shape index (κ2) is 5.88. The number of rotatable bonds is 3. The van der Waals surface area contributed by atoms with Crippen molar-refractivity contribution in [2.24, 2.45) is 10.3 Å². The first-order valence-corrected chi connectivity index (χ1v) is 8.90. The highest BCUT2D eigenvalue weighted by Crippen LogP contribution is 2.46. The van der Waals surface area contributed by atoms with Crippen LogP contribution in [0, 0.1) is 0 Å². The molecule has 0 aromatic carbocycles. The fourth-order valence-corrected chi connectivity index (χ4v) is 4.34.